The fourth-order valence-electron chi connectivity index (χ4n) is 1.76. The molecule has 0 spiro atoms. The van der Waals surface area contributed by atoms with Crippen LogP contribution < -0.4 is 10.6 Å². The van der Waals surface area contributed by atoms with Crippen LogP contribution in [0.1, 0.15) is 38.8 Å². The van der Waals surface area contributed by atoms with Gasteiger partial charge in [-0.05, 0) is 38.0 Å². The van der Waals surface area contributed by atoms with Crippen LogP contribution in [0.5, 0.6) is 0 Å². The van der Waals surface area contributed by atoms with Gasteiger partial charge in [-0.2, -0.15) is 0 Å². The molecule has 2 nitrogen and oxygen atoms in total. The van der Waals surface area contributed by atoms with E-state index in [0.717, 1.165) is 19.5 Å². The Bertz CT molecular complexity index is 280. The van der Waals surface area contributed by atoms with Gasteiger partial charge < -0.3 is 10.6 Å². The molecule has 0 radical (unpaired) electrons. The molecule has 0 amide bonds. The molecule has 0 saturated heterocycles. The zero-order chi connectivity index (χ0) is 11.3. The second-order valence-electron chi connectivity index (χ2n) is 3.78. The first kappa shape index (κ1) is 15.3. The van der Waals surface area contributed by atoms with Crippen LogP contribution in [-0.4, -0.2) is 13.1 Å². The van der Waals surface area contributed by atoms with Crippen molar-refractivity contribution in [1.82, 2.24) is 0 Å². The highest BCUT2D eigenvalue weighted by molar-refractivity contribution is 5.85. The summed E-state index contributed by atoms with van der Waals surface area (Å²) in [5.74, 6) is 0. The molecule has 0 unspecified atom stereocenters. The van der Waals surface area contributed by atoms with E-state index in [1.165, 1.54) is 11.3 Å². The lowest BCUT2D eigenvalue weighted by Gasteiger charge is -2.21. The Labute approximate surface area is 105 Å². The summed E-state index contributed by atoms with van der Waals surface area (Å²) in [6.07, 6.45) is 0.991. The smallest absolute Gasteiger partial charge is 0.0366 e. The van der Waals surface area contributed by atoms with Gasteiger partial charge in [-0.25, -0.2) is 0 Å². The Morgan fingerprint density at radius 3 is 1.94 bits per heavy atom. The van der Waals surface area contributed by atoms with Gasteiger partial charge in [0.1, 0.15) is 0 Å². The number of nitrogens with two attached hydrogens (primary N) is 1. The van der Waals surface area contributed by atoms with Crippen LogP contribution in [0.15, 0.2) is 24.3 Å². The standard InChI is InChI=1S/C13H22N2.ClH/c1-4-13(14)11-7-9-12(10-8-11)15(5-2)6-3;/h7-10,13H,4-6,14H2,1-3H3;1H/t13-;/m1./s1. The molecule has 0 fully saturated rings. The SMILES string of the molecule is CC[C@@H](N)c1ccc(N(CC)CC)cc1.Cl. The van der Waals surface area contributed by atoms with Crippen LogP contribution in [0.3, 0.4) is 0 Å². The Hall–Kier alpha value is -0.730. The minimum absolute atomic E-state index is 0. The molecule has 1 aromatic rings. The molecule has 2 N–H and O–H groups in total. The number of hydrogen-bond acceptors (Lipinski definition) is 2. The van der Waals surface area contributed by atoms with Crippen LogP contribution in [-0.2, 0) is 0 Å². The summed E-state index contributed by atoms with van der Waals surface area (Å²) in [5, 5.41) is 0. The van der Waals surface area contributed by atoms with E-state index in [1.54, 1.807) is 0 Å². The first-order valence-electron chi connectivity index (χ1n) is 5.83. The maximum atomic E-state index is 5.97. The Balaban J connectivity index is 0.00000225. The van der Waals surface area contributed by atoms with Crippen molar-refractivity contribution in [2.75, 3.05) is 18.0 Å². The molecular weight excluding hydrogens is 220 g/mol. The summed E-state index contributed by atoms with van der Waals surface area (Å²) < 4.78 is 0. The molecule has 0 heterocycles. The van der Waals surface area contributed by atoms with Gasteiger partial charge in [0.15, 0.2) is 0 Å². The second kappa shape index (κ2) is 7.53. The molecule has 92 valence electrons. The van der Waals surface area contributed by atoms with Crippen molar-refractivity contribution in [3.8, 4) is 0 Å². The number of anilines is 1. The van der Waals surface area contributed by atoms with Crippen molar-refractivity contribution < 1.29 is 0 Å². The van der Waals surface area contributed by atoms with Crippen LogP contribution in [0.2, 0.25) is 0 Å². The van der Waals surface area contributed by atoms with E-state index in [0.29, 0.717) is 0 Å². The number of nitrogens with zero attached hydrogens (tertiary/aromatic N) is 1. The summed E-state index contributed by atoms with van der Waals surface area (Å²) in [5.41, 5.74) is 8.49. The topological polar surface area (TPSA) is 29.3 Å². The van der Waals surface area contributed by atoms with Gasteiger partial charge in [-0.3, -0.25) is 0 Å². The summed E-state index contributed by atoms with van der Waals surface area (Å²) in [4.78, 5) is 2.33. The Morgan fingerprint density at radius 1 is 1.06 bits per heavy atom. The van der Waals surface area contributed by atoms with Gasteiger partial charge in [-0.1, -0.05) is 19.1 Å². The highest BCUT2D eigenvalue weighted by atomic mass is 35.5. The van der Waals surface area contributed by atoms with Crippen molar-refractivity contribution in [1.29, 1.82) is 0 Å². The highest BCUT2D eigenvalue weighted by Gasteiger charge is 2.04. The molecule has 1 rings (SSSR count). The average Bonchev–Trinajstić information content (AvgIpc) is 2.30. The number of rotatable bonds is 5. The third-order valence-corrected chi connectivity index (χ3v) is 2.89. The predicted molar refractivity (Wildman–Crippen MR) is 74.5 cm³/mol. The second-order valence-corrected chi connectivity index (χ2v) is 3.78. The third kappa shape index (κ3) is 3.69. The summed E-state index contributed by atoms with van der Waals surface area (Å²) in [6.45, 7) is 8.57. The fraction of sp³-hybridized carbons (Fsp3) is 0.538. The monoisotopic (exact) mass is 242 g/mol. The van der Waals surface area contributed by atoms with Gasteiger partial charge in [0.2, 0.25) is 0 Å². The van der Waals surface area contributed by atoms with Crippen molar-refractivity contribution in [2.24, 2.45) is 5.73 Å². The van der Waals surface area contributed by atoms with E-state index in [2.05, 4.69) is 49.9 Å². The molecular formula is C13H23ClN2. The predicted octanol–water partition coefficient (Wildman–Crippen LogP) is 3.36. The summed E-state index contributed by atoms with van der Waals surface area (Å²) in [7, 11) is 0. The molecule has 0 aliphatic heterocycles. The molecule has 1 atom stereocenters. The van der Waals surface area contributed by atoms with Crippen molar-refractivity contribution in [3.05, 3.63) is 29.8 Å². The van der Waals surface area contributed by atoms with Gasteiger partial charge in [-0.15, -0.1) is 12.4 Å². The maximum Gasteiger partial charge on any atom is 0.0366 e. The lowest BCUT2D eigenvalue weighted by molar-refractivity contribution is 0.698. The Kier molecular flexibility index (Phi) is 7.18. The normalized spacial score (nSPS) is 11.8. The van der Waals surface area contributed by atoms with Crippen LogP contribution in [0.4, 0.5) is 5.69 Å². The minimum Gasteiger partial charge on any atom is -0.372 e. The lowest BCUT2D eigenvalue weighted by Crippen LogP contribution is -2.21. The van der Waals surface area contributed by atoms with Crippen LogP contribution in [0, 0.1) is 0 Å². The molecule has 0 aliphatic carbocycles. The summed E-state index contributed by atoms with van der Waals surface area (Å²) in [6, 6.07) is 8.79. The quantitative estimate of drug-likeness (QED) is 0.858. The molecule has 0 aromatic heterocycles. The first-order chi connectivity index (χ1) is 7.22. The van der Waals surface area contributed by atoms with E-state index < -0.39 is 0 Å². The van der Waals surface area contributed by atoms with E-state index in [-0.39, 0.29) is 18.4 Å². The molecule has 0 saturated carbocycles. The molecule has 1 aromatic carbocycles. The number of benzene rings is 1. The highest BCUT2D eigenvalue weighted by Crippen LogP contribution is 2.19. The van der Waals surface area contributed by atoms with Crippen LogP contribution >= 0.6 is 12.4 Å². The zero-order valence-electron chi connectivity index (χ0n) is 10.4. The number of halogens is 1. The van der Waals surface area contributed by atoms with E-state index in [9.17, 15) is 0 Å². The van der Waals surface area contributed by atoms with Crippen molar-refractivity contribution >= 4 is 18.1 Å². The maximum absolute atomic E-state index is 5.97. The minimum atomic E-state index is 0. The molecule has 0 aliphatic rings. The van der Waals surface area contributed by atoms with Gasteiger partial charge in [0.05, 0.1) is 0 Å². The summed E-state index contributed by atoms with van der Waals surface area (Å²) >= 11 is 0. The fourth-order valence-corrected chi connectivity index (χ4v) is 1.76. The van der Waals surface area contributed by atoms with E-state index in [1.807, 2.05) is 0 Å². The van der Waals surface area contributed by atoms with Gasteiger partial charge in [0.25, 0.3) is 0 Å². The average molecular weight is 243 g/mol. The largest absolute Gasteiger partial charge is 0.372 e. The molecule has 16 heavy (non-hydrogen) atoms. The van der Waals surface area contributed by atoms with Crippen molar-refractivity contribution in [3.63, 3.8) is 0 Å². The first-order valence-corrected chi connectivity index (χ1v) is 5.83. The molecule has 0 bridgehead atoms. The van der Waals surface area contributed by atoms with Gasteiger partial charge in [0, 0.05) is 24.8 Å². The van der Waals surface area contributed by atoms with Gasteiger partial charge >= 0.3 is 0 Å². The van der Waals surface area contributed by atoms with Crippen molar-refractivity contribution in [2.45, 2.75) is 33.2 Å². The van der Waals surface area contributed by atoms with E-state index in [4.69, 9.17) is 5.73 Å². The third-order valence-electron chi connectivity index (χ3n) is 2.89. The lowest BCUT2D eigenvalue weighted by atomic mass is 10.1. The van der Waals surface area contributed by atoms with Crippen LogP contribution in [0.25, 0.3) is 0 Å². The number of hydrogen-bond donors (Lipinski definition) is 1. The zero-order valence-corrected chi connectivity index (χ0v) is 11.3. The van der Waals surface area contributed by atoms with E-state index >= 15 is 0 Å². The molecule has 3 heteroatoms. The Morgan fingerprint density at radius 2 is 1.56 bits per heavy atom.